The smallest absolute Gasteiger partial charge is 0.118 e. The van der Waals surface area contributed by atoms with Crippen molar-refractivity contribution in [1.82, 2.24) is 5.06 Å². The highest BCUT2D eigenvalue weighted by molar-refractivity contribution is 5.29. The minimum absolute atomic E-state index is 0.0292. The maximum Gasteiger partial charge on any atom is 0.118 e. The van der Waals surface area contributed by atoms with E-state index in [-0.39, 0.29) is 12.1 Å². The van der Waals surface area contributed by atoms with Crippen LogP contribution in [0.25, 0.3) is 0 Å². The molecule has 4 heteroatoms. The molecule has 2 rings (SSSR count). The van der Waals surface area contributed by atoms with Crippen molar-refractivity contribution >= 4 is 0 Å². The van der Waals surface area contributed by atoms with E-state index in [4.69, 9.17) is 15.3 Å². The molecule has 1 aliphatic rings. The van der Waals surface area contributed by atoms with Gasteiger partial charge in [-0.1, -0.05) is 12.1 Å². The minimum Gasteiger partial charge on any atom is -0.497 e. The molecule has 2 N–H and O–H groups in total. The summed E-state index contributed by atoms with van der Waals surface area (Å²) in [6, 6.07) is 8.16. The fraction of sp³-hybridized carbons (Fsp3) is 0.538. The molecule has 1 saturated heterocycles. The fourth-order valence-electron chi connectivity index (χ4n) is 2.22. The Labute approximate surface area is 102 Å². The third-order valence-corrected chi connectivity index (χ3v) is 3.05. The minimum atomic E-state index is 0.0292. The van der Waals surface area contributed by atoms with Crippen LogP contribution in [0.5, 0.6) is 5.75 Å². The van der Waals surface area contributed by atoms with Crippen molar-refractivity contribution in [1.29, 1.82) is 0 Å². The summed E-state index contributed by atoms with van der Waals surface area (Å²) in [7, 11) is 1.67. The van der Waals surface area contributed by atoms with E-state index in [1.165, 1.54) is 5.56 Å². The van der Waals surface area contributed by atoms with Crippen LogP contribution >= 0.6 is 0 Å². The van der Waals surface area contributed by atoms with Crippen LogP contribution in [0.15, 0.2) is 24.3 Å². The van der Waals surface area contributed by atoms with E-state index >= 15 is 0 Å². The Kier molecular flexibility index (Phi) is 3.99. The second-order valence-corrected chi connectivity index (χ2v) is 4.40. The van der Waals surface area contributed by atoms with Crippen LogP contribution in [-0.4, -0.2) is 31.4 Å². The third kappa shape index (κ3) is 2.77. The van der Waals surface area contributed by atoms with Crippen LogP contribution in [0.2, 0.25) is 0 Å². The van der Waals surface area contributed by atoms with Gasteiger partial charge in [-0.25, -0.2) is 0 Å². The van der Waals surface area contributed by atoms with E-state index in [0.717, 1.165) is 25.3 Å². The number of methoxy groups -OCH3 is 1. The van der Waals surface area contributed by atoms with Gasteiger partial charge in [-0.05, 0) is 31.0 Å². The fourth-order valence-corrected chi connectivity index (χ4v) is 2.22. The van der Waals surface area contributed by atoms with Crippen molar-refractivity contribution in [3.63, 3.8) is 0 Å². The Bertz CT molecular complexity index is 345. The van der Waals surface area contributed by atoms with Gasteiger partial charge >= 0.3 is 0 Å². The second kappa shape index (κ2) is 5.49. The molecule has 0 spiro atoms. The number of nitrogens with zero attached hydrogens (tertiary/aromatic N) is 1. The summed E-state index contributed by atoms with van der Waals surface area (Å²) in [5, 5.41) is 1.99. The quantitative estimate of drug-likeness (QED) is 0.864. The van der Waals surface area contributed by atoms with Crippen molar-refractivity contribution < 1.29 is 9.57 Å². The molecular formula is C13H20N2O2. The number of ether oxygens (including phenoxy) is 1. The first kappa shape index (κ1) is 12.4. The number of hydrogen-bond donors (Lipinski definition) is 1. The van der Waals surface area contributed by atoms with Crippen LogP contribution in [-0.2, 0) is 4.84 Å². The van der Waals surface area contributed by atoms with Crippen LogP contribution < -0.4 is 10.5 Å². The Balaban J connectivity index is 2.19. The van der Waals surface area contributed by atoms with Crippen LogP contribution in [0, 0.1) is 0 Å². The van der Waals surface area contributed by atoms with Crippen LogP contribution in [0.1, 0.15) is 24.9 Å². The highest BCUT2D eigenvalue weighted by atomic mass is 16.7. The van der Waals surface area contributed by atoms with Gasteiger partial charge in [0.2, 0.25) is 0 Å². The summed E-state index contributed by atoms with van der Waals surface area (Å²) in [5.74, 6) is 0.861. The summed E-state index contributed by atoms with van der Waals surface area (Å²) in [6.07, 6.45) is 1.07. The van der Waals surface area contributed by atoms with Crippen molar-refractivity contribution in [3.05, 3.63) is 29.8 Å². The van der Waals surface area contributed by atoms with Gasteiger partial charge in [-0.3, -0.25) is 4.84 Å². The summed E-state index contributed by atoms with van der Waals surface area (Å²) in [4.78, 5) is 5.61. The van der Waals surface area contributed by atoms with Gasteiger partial charge in [-0.2, -0.15) is 5.06 Å². The Morgan fingerprint density at radius 2 is 2.06 bits per heavy atom. The molecule has 1 aliphatic heterocycles. The first-order chi connectivity index (χ1) is 8.22. The van der Waals surface area contributed by atoms with E-state index < -0.39 is 0 Å². The molecule has 2 atom stereocenters. The van der Waals surface area contributed by atoms with Gasteiger partial charge in [0.05, 0.1) is 19.8 Å². The molecule has 1 heterocycles. The summed E-state index contributed by atoms with van der Waals surface area (Å²) in [6.45, 7) is 3.74. The van der Waals surface area contributed by atoms with Gasteiger partial charge in [0.15, 0.2) is 0 Å². The Morgan fingerprint density at radius 1 is 1.35 bits per heavy atom. The van der Waals surface area contributed by atoms with Crippen molar-refractivity contribution in [2.75, 3.05) is 20.3 Å². The predicted octanol–water partition coefficient (Wildman–Crippen LogP) is 1.72. The Morgan fingerprint density at radius 3 is 2.53 bits per heavy atom. The van der Waals surface area contributed by atoms with Crippen LogP contribution in [0.4, 0.5) is 0 Å². The van der Waals surface area contributed by atoms with E-state index in [1.807, 2.05) is 24.1 Å². The van der Waals surface area contributed by atoms with Gasteiger partial charge < -0.3 is 10.5 Å². The molecule has 0 radical (unpaired) electrons. The van der Waals surface area contributed by atoms with Gasteiger partial charge in [-0.15, -0.1) is 0 Å². The number of nitrogens with two attached hydrogens (primary N) is 1. The number of hydrogen-bond acceptors (Lipinski definition) is 4. The summed E-state index contributed by atoms with van der Waals surface area (Å²) >= 11 is 0. The molecule has 0 saturated carbocycles. The molecule has 0 amide bonds. The molecule has 17 heavy (non-hydrogen) atoms. The zero-order valence-corrected chi connectivity index (χ0v) is 10.4. The lowest BCUT2D eigenvalue weighted by Crippen LogP contribution is -2.37. The van der Waals surface area contributed by atoms with Gasteiger partial charge in [0, 0.05) is 12.6 Å². The third-order valence-electron chi connectivity index (χ3n) is 3.05. The lowest BCUT2D eigenvalue weighted by Gasteiger charge is -2.29. The highest BCUT2D eigenvalue weighted by Crippen LogP contribution is 2.27. The lowest BCUT2D eigenvalue weighted by molar-refractivity contribution is -0.147. The molecule has 1 fully saturated rings. The first-order valence-corrected chi connectivity index (χ1v) is 6.01. The molecule has 2 unspecified atom stereocenters. The topological polar surface area (TPSA) is 47.7 Å². The zero-order chi connectivity index (χ0) is 12.3. The van der Waals surface area contributed by atoms with Crippen molar-refractivity contribution in [3.8, 4) is 5.75 Å². The average molecular weight is 236 g/mol. The molecule has 1 aromatic carbocycles. The standard InChI is InChI=1S/C13H20N2O2/c1-10(14)13(15-8-3-9-17-15)11-4-6-12(16-2)7-5-11/h4-7,10,13H,3,8-9,14H2,1-2H3. The SMILES string of the molecule is COc1ccc(C(C(C)N)N2CCCO2)cc1. The van der Waals surface area contributed by atoms with E-state index in [2.05, 4.69) is 12.1 Å². The molecule has 1 aromatic rings. The molecule has 0 bridgehead atoms. The average Bonchev–Trinajstić information content (AvgIpc) is 2.83. The largest absolute Gasteiger partial charge is 0.497 e. The maximum absolute atomic E-state index is 6.07. The monoisotopic (exact) mass is 236 g/mol. The zero-order valence-electron chi connectivity index (χ0n) is 10.4. The van der Waals surface area contributed by atoms with E-state index in [0.29, 0.717) is 0 Å². The molecule has 0 aliphatic carbocycles. The summed E-state index contributed by atoms with van der Waals surface area (Å²) < 4.78 is 5.16. The second-order valence-electron chi connectivity index (χ2n) is 4.40. The summed E-state index contributed by atoms with van der Waals surface area (Å²) in [5.41, 5.74) is 7.24. The van der Waals surface area contributed by atoms with Crippen molar-refractivity contribution in [2.24, 2.45) is 5.73 Å². The van der Waals surface area contributed by atoms with Crippen molar-refractivity contribution in [2.45, 2.75) is 25.4 Å². The first-order valence-electron chi connectivity index (χ1n) is 6.01. The normalized spacial score (nSPS) is 20.2. The van der Waals surface area contributed by atoms with Crippen LogP contribution in [0.3, 0.4) is 0 Å². The molecule has 0 aromatic heterocycles. The number of rotatable bonds is 4. The number of benzene rings is 1. The molecule has 4 nitrogen and oxygen atoms in total. The van der Waals surface area contributed by atoms with Gasteiger partial charge in [0.1, 0.15) is 5.75 Å². The molecule has 94 valence electrons. The lowest BCUT2D eigenvalue weighted by atomic mass is 10.0. The van der Waals surface area contributed by atoms with E-state index in [9.17, 15) is 0 Å². The Hall–Kier alpha value is -1.10. The van der Waals surface area contributed by atoms with E-state index in [1.54, 1.807) is 7.11 Å². The van der Waals surface area contributed by atoms with Gasteiger partial charge in [0.25, 0.3) is 0 Å². The predicted molar refractivity (Wildman–Crippen MR) is 66.7 cm³/mol. The highest BCUT2D eigenvalue weighted by Gasteiger charge is 2.27. The molecular weight excluding hydrogens is 216 g/mol. The maximum atomic E-state index is 6.07. The number of hydroxylamine groups is 2.